The summed E-state index contributed by atoms with van der Waals surface area (Å²) in [6.07, 6.45) is 3.56. The molecule has 2 aliphatic rings. The molecule has 2 aliphatic heterocycles. The summed E-state index contributed by atoms with van der Waals surface area (Å²) in [5.74, 6) is 0.452. The van der Waals surface area contributed by atoms with E-state index < -0.39 is 5.92 Å². The van der Waals surface area contributed by atoms with Crippen LogP contribution in [0.2, 0.25) is 0 Å². The van der Waals surface area contributed by atoms with Crippen molar-refractivity contribution in [3.05, 3.63) is 54.0 Å². The zero-order chi connectivity index (χ0) is 23.4. The number of unbranched alkanes of at least 4 members (excludes halogenated alkanes) is 1. The van der Waals surface area contributed by atoms with E-state index in [1.807, 2.05) is 29.2 Å². The van der Waals surface area contributed by atoms with Crippen LogP contribution in [0.3, 0.4) is 0 Å². The third kappa shape index (κ3) is 4.74. The van der Waals surface area contributed by atoms with E-state index >= 15 is 0 Å². The average molecular weight is 454 g/mol. The molecule has 3 amide bonds. The van der Waals surface area contributed by atoms with Gasteiger partial charge in [0.05, 0.1) is 25.3 Å². The van der Waals surface area contributed by atoms with Crippen LogP contribution < -0.4 is 4.74 Å². The summed E-state index contributed by atoms with van der Waals surface area (Å²) in [5, 5.41) is 0. The molecule has 0 bridgehead atoms. The van der Waals surface area contributed by atoms with Crippen LogP contribution in [0.5, 0.6) is 5.75 Å². The highest BCUT2D eigenvalue weighted by atomic mass is 16.5. The summed E-state index contributed by atoms with van der Waals surface area (Å²) in [4.78, 5) is 44.4. The van der Waals surface area contributed by atoms with Crippen LogP contribution in [0.4, 0.5) is 0 Å². The Morgan fingerprint density at radius 2 is 1.76 bits per heavy atom. The molecular formula is C25H31N3O5. The fraction of sp³-hybridized carbons (Fsp3) is 0.480. The third-order valence-corrected chi connectivity index (χ3v) is 6.57. The van der Waals surface area contributed by atoms with Crippen LogP contribution in [-0.4, -0.2) is 72.3 Å². The number of furan rings is 1. The lowest BCUT2D eigenvalue weighted by Crippen LogP contribution is -2.52. The SMILES string of the molecule is CCCCN1C(=O)C[C@H](C(=O)N2CCN(C(=O)c3ccco3)CC2)[C@H]1c1ccc(OC)cc1. The molecule has 1 aromatic carbocycles. The fourth-order valence-corrected chi connectivity index (χ4v) is 4.74. The van der Waals surface area contributed by atoms with Crippen LogP contribution in [0.1, 0.15) is 48.3 Å². The van der Waals surface area contributed by atoms with Crippen LogP contribution in [0.15, 0.2) is 47.1 Å². The van der Waals surface area contributed by atoms with Gasteiger partial charge in [0.2, 0.25) is 11.8 Å². The Morgan fingerprint density at radius 3 is 2.36 bits per heavy atom. The molecule has 2 saturated heterocycles. The lowest BCUT2D eigenvalue weighted by molar-refractivity contribution is -0.138. The molecule has 8 heteroatoms. The van der Waals surface area contributed by atoms with E-state index in [0.717, 1.165) is 24.2 Å². The predicted molar refractivity (Wildman–Crippen MR) is 122 cm³/mol. The predicted octanol–water partition coefficient (Wildman–Crippen LogP) is 2.96. The van der Waals surface area contributed by atoms with Crippen LogP contribution in [-0.2, 0) is 9.59 Å². The number of hydrogen-bond acceptors (Lipinski definition) is 5. The number of carbonyl (C=O) groups excluding carboxylic acids is 3. The van der Waals surface area contributed by atoms with Crippen molar-refractivity contribution >= 4 is 17.7 Å². The molecule has 2 atom stereocenters. The van der Waals surface area contributed by atoms with E-state index in [-0.39, 0.29) is 30.2 Å². The molecule has 4 rings (SSSR count). The Kier molecular flexibility index (Phi) is 7.01. The van der Waals surface area contributed by atoms with Crippen molar-refractivity contribution in [2.75, 3.05) is 39.8 Å². The molecule has 8 nitrogen and oxygen atoms in total. The normalized spacial score (nSPS) is 20.9. The molecule has 0 N–H and O–H groups in total. The number of benzene rings is 1. The van der Waals surface area contributed by atoms with Gasteiger partial charge in [0, 0.05) is 39.1 Å². The average Bonchev–Trinajstić information content (AvgIpc) is 3.50. The van der Waals surface area contributed by atoms with Crippen LogP contribution >= 0.6 is 0 Å². The number of hydrogen-bond donors (Lipinski definition) is 0. The summed E-state index contributed by atoms with van der Waals surface area (Å²) in [5.41, 5.74) is 0.947. The van der Waals surface area contributed by atoms with E-state index in [0.29, 0.717) is 38.5 Å². The highest BCUT2D eigenvalue weighted by molar-refractivity contribution is 5.92. The summed E-state index contributed by atoms with van der Waals surface area (Å²) >= 11 is 0. The highest BCUT2D eigenvalue weighted by Crippen LogP contribution is 2.40. The Balaban J connectivity index is 1.48. The van der Waals surface area contributed by atoms with E-state index in [9.17, 15) is 14.4 Å². The topological polar surface area (TPSA) is 83.3 Å². The molecule has 2 aromatic rings. The number of amides is 3. The fourth-order valence-electron chi connectivity index (χ4n) is 4.74. The molecule has 0 radical (unpaired) electrons. The van der Waals surface area contributed by atoms with Gasteiger partial charge in [-0.1, -0.05) is 25.5 Å². The van der Waals surface area contributed by atoms with Gasteiger partial charge in [0.15, 0.2) is 5.76 Å². The standard InChI is InChI=1S/C25H31N3O5/c1-3-4-11-28-22(29)17-20(23(28)18-7-9-19(32-2)10-8-18)24(30)26-12-14-27(15-13-26)25(31)21-6-5-16-33-21/h5-10,16,20,23H,3-4,11-15,17H2,1-2H3/t20-,23+/m0/s1. The Morgan fingerprint density at radius 1 is 1.06 bits per heavy atom. The van der Waals surface area contributed by atoms with E-state index in [2.05, 4.69) is 6.92 Å². The third-order valence-electron chi connectivity index (χ3n) is 6.57. The van der Waals surface area contributed by atoms with Gasteiger partial charge in [-0.3, -0.25) is 14.4 Å². The van der Waals surface area contributed by atoms with Crippen molar-refractivity contribution in [3.63, 3.8) is 0 Å². The molecule has 0 unspecified atom stereocenters. The van der Waals surface area contributed by atoms with Crippen LogP contribution in [0.25, 0.3) is 0 Å². The monoisotopic (exact) mass is 453 g/mol. The number of carbonyl (C=O) groups is 3. The lowest BCUT2D eigenvalue weighted by Gasteiger charge is -2.37. The van der Waals surface area contributed by atoms with Gasteiger partial charge in [-0.05, 0) is 36.2 Å². The maximum Gasteiger partial charge on any atom is 0.289 e. The minimum absolute atomic E-state index is 0.0201. The Bertz CT molecular complexity index is 964. The maximum absolute atomic E-state index is 13.6. The molecule has 2 fully saturated rings. The Labute approximate surface area is 194 Å². The first-order chi connectivity index (χ1) is 16.0. The second-order valence-electron chi connectivity index (χ2n) is 8.56. The number of likely N-dealkylation sites (tertiary alicyclic amines) is 1. The minimum Gasteiger partial charge on any atom is -0.497 e. The zero-order valence-electron chi connectivity index (χ0n) is 19.2. The highest BCUT2D eigenvalue weighted by Gasteiger charge is 2.46. The van der Waals surface area contributed by atoms with Crippen molar-refractivity contribution in [3.8, 4) is 5.75 Å². The van der Waals surface area contributed by atoms with Gasteiger partial charge in [0.25, 0.3) is 5.91 Å². The molecule has 0 spiro atoms. The smallest absolute Gasteiger partial charge is 0.289 e. The minimum atomic E-state index is -0.435. The Hall–Kier alpha value is -3.29. The first-order valence-electron chi connectivity index (χ1n) is 11.6. The second kappa shape index (κ2) is 10.1. The first kappa shape index (κ1) is 22.9. The number of methoxy groups -OCH3 is 1. The van der Waals surface area contributed by atoms with Crippen molar-refractivity contribution < 1.29 is 23.5 Å². The molecule has 3 heterocycles. The van der Waals surface area contributed by atoms with Gasteiger partial charge in [0.1, 0.15) is 5.75 Å². The molecule has 33 heavy (non-hydrogen) atoms. The second-order valence-corrected chi connectivity index (χ2v) is 8.56. The quantitative estimate of drug-likeness (QED) is 0.644. The molecule has 0 aliphatic carbocycles. The number of piperazine rings is 1. The van der Waals surface area contributed by atoms with Gasteiger partial charge >= 0.3 is 0 Å². The summed E-state index contributed by atoms with van der Waals surface area (Å²) < 4.78 is 10.5. The van der Waals surface area contributed by atoms with Gasteiger partial charge in [-0.2, -0.15) is 0 Å². The van der Waals surface area contributed by atoms with Crippen molar-refractivity contribution in [2.24, 2.45) is 5.92 Å². The summed E-state index contributed by atoms with van der Waals surface area (Å²) in [7, 11) is 1.62. The van der Waals surface area contributed by atoms with Gasteiger partial charge in [-0.15, -0.1) is 0 Å². The zero-order valence-corrected chi connectivity index (χ0v) is 19.2. The number of ether oxygens (including phenoxy) is 1. The van der Waals surface area contributed by atoms with Gasteiger partial charge < -0.3 is 23.9 Å². The van der Waals surface area contributed by atoms with Gasteiger partial charge in [-0.25, -0.2) is 0 Å². The lowest BCUT2D eigenvalue weighted by atomic mass is 9.91. The number of nitrogens with zero attached hydrogens (tertiary/aromatic N) is 3. The van der Waals surface area contributed by atoms with Crippen LogP contribution in [0, 0.1) is 5.92 Å². The molecular weight excluding hydrogens is 422 g/mol. The van der Waals surface area contributed by atoms with E-state index in [4.69, 9.17) is 9.15 Å². The summed E-state index contributed by atoms with van der Waals surface area (Å²) in [6, 6.07) is 10.7. The van der Waals surface area contributed by atoms with Crippen molar-refractivity contribution in [2.45, 2.75) is 32.2 Å². The summed E-state index contributed by atoms with van der Waals surface area (Å²) in [6.45, 7) is 4.51. The molecule has 1 aromatic heterocycles. The van der Waals surface area contributed by atoms with E-state index in [1.165, 1.54) is 6.26 Å². The van der Waals surface area contributed by atoms with E-state index in [1.54, 1.807) is 29.0 Å². The number of rotatable bonds is 7. The first-order valence-corrected chi connectivity index (χ1v) is 11.6. The van der Waals surface area contributed by atoms with Crippen molar-refractivity contribution in [1.82, 2.24) is 14.7 Å². The largest absolute Gasteiger partial charge is 0.497 e. The van der Waals surface area contributed by atoms with Crippen molar-refractivity contribution in [1.29, 1.82) is 0 Å². The molecule has 0 saturated carbocycles. The molecule has 176 valence electrons. The maximum atomic E-state index is 13.6.